The lowest BCUT2D eigenvalue weighted by Crippen LogP contribution is -2.04. The van der Waals surface area contributed by atoms with Crippen LogP contribution in [-0.4, -0.2) is 16.7 Å². The molecule has 0 aliphatic carbocycles. The maximum atomic E-state index is 12.4. The quantitative estimate of drug-likeness (QED) is 0.925. The molecule has 0 radical (unpaired) electrons. The van der Waals surface area contributed by atoms with Gasteiger partial charge in [0.05, 0.1) is 5.56 Å². The fourth-order valence-corrected chi connectivity index (χ4v) is 1.58. The lowest BCUT2D eigenvalue weighted by atomic mass is 10.1. The van der Waals surface area contributed by atoms with E-state index in [0.29, 0.717) is 36.7 Å². The van der Waals surface area contributed by atoms with Crippen molar-refractivity contribution in [2.75, 3.05) is 6.54 Å². The molecule has 4 nitrogen and oxygen atoms in total. The lowest BCUT2D eigenvalue weighted by Gasteiger charge is -2.06. The molecule has 1 aromatic carbocycles. The van der Waals surface area contributed by atoms with Crippen LogP contribution in [-0.2, 0) is 19.0 Å². The van der Waals surface area contributed by atoms with E-state index < -0.39 is 11.7 Å². The molecule has 19 heavy (non-hydrogen) atoms. The van der Waals surface area contributed by atoms with Gasteiger partial charge in [-0.05, 0) is 17.7 Å². The average Bonchev–Trinajstić information content (AvgIpc) is 2.77. The van der Waals surface area contributed by atoms with Crippen LogP contribution in [0.25, 0.3) is 0 Å². The Bertz CT molecular complexity index is 534. The summed E-state index contributed by atoms with van der Waals surface area (Å²) in [6.07, 6.45) is -3.51. The first-order valence-electron chi connectivity index (χ1n) is 5.66. The van der Waals surface area contributed by atoms with Crippen LogP contribution in [0.5, 0.6) is 0 Å². The third-order valence-electron chi connectivity index (χ3n) is 2.51. The summed E-state index contributed by atoms with van der Waals surface area (Å²) < 4.78 is 42.1. The van der Waals surface area contributed by atoms with Gasteiger partial charge in [0.25, 0.3) is 0 Å². The van der Waals surface area contributed by atoms with Crippen LogP contribution in [0.1, 0.15) is 22.8 Å². The summed E-state index contributed by atoms with van der Waals surface area (Å²) in [6.45, 7) is 0.405. The highest BCUT2D eigenvalue weighted by Gasteiger charge is 2.29. The zero-order valence-corrected chi connectivity index (χ0v) is 9.94. The molecule has 0 atom stereocenters. The molecular weight excluding hydrogens is 259 g/mol. The fourth-order valence-electron chi connectivity index (χ4n) is 1.58. The van der Waals surface area contributed by atoms with Gasteiger partial charge in [-0.15, -0.1) is 0 Å². The zero-order valence-electron chi connectivity index (χ0n) is 9.94. The Morgan fingerprint density at radius 2 is 1.84 bits per heavy atom. The molecule has 2 N–H and O–H groups in total. The van der Waals surface area contributed by atoms with E-state index in [9.17, 15) is 13.2 Å². The second-order valence-electron chi connectivity index (χ2n) is 4.01. The first-order chi connectivity index (χ1) is 8.99. The summed E-state index contributed by atoms with van der Waals surface area (Å²) in [4.78, 5) is 4.09. The van der Waals surface area contributed by atoms with Gasteiger partial charge in [0.1, 0.15) is 0 Å². The van der Waals surface area contributed by atoms with Crippen LogP contribution in [0, 0.1) is 0 Å². The summed E-state index contributed by atoms with van der Waals surface area (Å²) in [6, 6.07) is 4.88. The number of alkyl halides is 3. The maximum Gasteiger partial charge on any atom is 0.416 e. The zero-order chi connectivity index (χ0) is 13.9. The Hall–Kier alpha value is -1.89. The molecule has 0 fully saturated rings. The van der Waals surface area contributed by atoms with Crippen LogP contribution in [0.15, 0.2) is 28.8 Å². The van der Waals surface area contributed by atoms with Gasteiger partial charge in [0.2, 0.25) is 5.89 Å². The molecular formula is C12H12F3N3O. The van der Waals surface area contributed by atoms with E-state index in [1.807, 2.05) is 0 Å². The first-order valence-corrected chi connectivity index (χ1v) is 5.66. The van der Waals surface area contributed by atoms with E-state index in [-0.39, 0.29) is 0 Å². The topological polar surface area (TPSA) is 64.9 Å². The van der Waals surface area contributed by atoms with Crippen molar-refractivity contribution in [3.8, 4) is 0 Å². The highest BCUT2D eigenvalue weighted by Crippen LogP contribution is 2.29. The number of benzene rings is 1. The molecule has 0 saturated carbocycles. The molecule has 102 valence electrons. The van der Waals surface area contributed by atoms with Gasteiger partial charge in [0, 0.05) is 19.4 Å². The molecule has 2 aromatic rings. The van der Waals surface area contributed by atoms with Crippen molar-refractivity contribution in [1.82, 2.24) is 10.1 Å². The van der Waals surface area contributed by atoms with Crippen molar-refractivity contribution in [2.45, 2.75) is 19.0 Å². The monoisotopic (exact) mass is 271 g/mol. The van der Waals surface area contributed by atoms with Crippen molar-refractivity contribution in [3.63, 3.8) is 0 Å². The molecule has 0 aliphatic heterocycles. The SMILES string of the molecule is NCCc1nc(Cc2ccc(C(F)(F)F)cc2)no1. The largest absolute Gasteiger partial charge is 0.416 e. The van der Waals surface area contributed by atoms with Crippen molar-refractivity contribution >= 4 is 0 Å². The third-order valence-corrected chi connectivity index (χ3v) is 2.51. The minimum absolute atomic E-state index is 0.326. The van der Waals surface area contributed by atoms with Gasteiger partial charge in [-0.2, -0.15) is 18.2 Å². The van der Waals surface area contributed by atoms with E-state index in [2.05, 4.69) is 10.1 Å². The Labute approximate surface area is 107 Å². The van der Waals surface area contributed by atoms with Crippen molar-refractivity contribution in [3.05, 3.63) is 47.1 Å². The Balaban J connectivity index is 2.06. The smallest absolute Gasteiger partial charge is 0.339 e. The first kappa shape index (κ1) is 13.5. The molecule has 7 heteroatoms. The normalized spacial score (nSPS) is 11.8. The predicted molar refractivity (Wildman–Crippen MR) is 61.3 cm³/mol. The number of hydrogen-bond donors (Lipinski definition) is 1. The van der Waals surface area contributed by atoms with Gasteiger partial charge >= 0.3 is 6.18 Å². The van der Waals surface area contributed by atoms with Crippen LogP contribution in [0.2, 0.25) is 0 Å². The molecule has 0 amide bonds. The molecule has 0 aliphatic rings. The Kier molecular flexibility index (Phi) is 3.84. The summed E-state index contributed by atoms with van der Waals surface area (Å²) in [5, 5.41) is 3.74. The minimum atomic E-state index is -4.32. The molecule has 1 heterocycles. The summed E-state index contributed by atoms with van der Waals surface area (Å²) in [7, 11) is 0. The molecule has 1 aromatic heterocycles. The van der Waals surface area contributed by atoms with Crippen LogP contribution in [0.3, 0.4) is 0 Å². The van der Waals surface area contributed by atoms with Crippen molar-refractivity contribution < 1.29 is 17.7 Å². The molecule has 2 rings (SSSR count). The fraction of sp³-hybridized carbons (Fsp3) is 0.333. The number of halogens is 3. The van der Waals surface area contributed by atoms with E-state index in [0.717, 1.165) is 12.1 Å². The number of nitrogens with two attached hydrogens (primary N) is 1. The van der Waals surface area contributed by atoms with Crippen molar-refractivity contribution in [2.24, 2.45) is 5.73 Å². The second-order valence-corrected chi connectivity index (χ2v) is 4.01. The van der Waals surface area contributed by atoms with E-state index >= 15 is 0 Å². The van der Waals surface area contributed by atoms with Gasteiger partial charge in [-0.25, -0.2) is 0 Å². The number of hydrogen-bond acceptors (Lipinski definition) is 4. The van der Waals surface area contributed by atoms with Crippen molar-refractivity contribution in [1.29, 1.82) is 0 Å². The number of nitrogens with zero attached hydrogens (tertiary/aromatic N) is 2. The molecule has 0 bridgehead atoms. The molecule has 0 saturated heterocycles. The van der Waals surface area contributed by atoms with E-state index in [1.165, 1.54) is 12.1 Å². The lowest BCUT2D eigenvalue weighted by molar-refractivity contribution is -0.137. The van der Waals surface area contributed by atoms with Crippen LogP contribution >= 0.6 is 0 Å². The minimum Gasteiger partial charge on any atom is -0.339 e. The van der Waals surface area contributed by atoms with E-state index in [4.69, 9.17) is 10.3 Å². The maximum absolute atomic E-state index is 12.4. The second kappa shape index (κ2) is 5.40. The summed E-state index contributed by atoms with van der Waals surface area (Å²) in [5.74, 6) is 0.868. The van der Waals surface area contributed by atoms with Crippen LogP contribution in [0.4, 0.5) is 13.2 Å². The Morgan fingerprint density at radius 3 is 2.42 bits per heavy atom. The van der Waals surface area contributed by atoms with Gasteiger partial charge in [-0.3, -0.25) is 0 Å². The highest BCUT2D eigenvalue weighted by molar-refractivity contribution is 5.26. The van der Waals surface area contributed by atoms with Gasteiger partial charge < -0.3 is 10.3 Å². The van der Waals surface area contributed by atoms with E-state index in [1.54, 1.807) is 0 Å². The highest BCUT2D eigenvalue weighted by atomic mass is 19.4. The summed E-state index contributed by atoms with van der Waals surface area (Å²) >= 11 is 0. The van der Waals surface area contributed by atoms with Crippen LogP contribution < -0.4 is 5.73 Å². The third kappa shape index (κ3) is 3.54. The standard InChI is InChI=1S/C12H12F3N3O/c13-12(14,15)9-3-1-8(2-4-9)7-10-17-11(5-6-16)19-18-10/h1-4H,5-7,16H2. The average molecular weight is 271 g/mol. The molecule has 0 spiro atoms. The van der Waals surface area contributed by atoms with Gasteiger partial charge in [-0.1, -0.05) is 17.3 Å². The number of aromatic nitrogens is 2. The Morgan fingerprint density at radius 1 is 1.16 bits per heavy atom. The van der Waals surface area contributed by atoms with Gasteiger partial charge in [0.15, 0.2) is 5.82 Å². The molecule has 0 unspecified atom stereocenters. The predicted octanol–water partition coefficient (Wildman–Crippen LogP) is 2.18. The summed E-state index contributed by atoms with van der Waals surface area (Å²) in [5.41, 5.74) is 5.36. The number of rotatable bonds is 4.